The summed E-state index contributed by atoms with van der Waals surface area (Å²) in [6, 6.07) is 0. The standard InChI is InChI=1S/C16H32N2O3/c1-3-16(19)15-5-8-18(9-6-15)10-12-21-14-13-20-11-7-17-4-2/h15,17H,3-14H2,1-2H3. The number of carbonyl (C=O) groups excluding carboxylic acids is 1. The molecule has 0 aromatic rings. The van der Waals surface area contributed by atoms with Crippen LogP contribution in [0.25, 0.3) is 0 Å². The minimum Gasteiger partial charge on any atom is -0.378 e. The Hall–Kier alpha value is -0.490. The Morgan fingerprint density at radius 2 is 1.76 bits per heavy atom. The van der Waals surface area contributed by atoms with Crippen molar-refractivity contribution in [2.75, 3.05) is 59.2 Å². The van der Waals surface area contributed by atoms with Gasteiger partial charge in [0, 0.05) is 25.4 Å². The second-order valence-corrected chi connectivity index (χ2v) is 5.51. The van der Waals surface area contributed by atoms with Gasteiger partial charge in [0.05, 0.1) is 26.4 Å². The highest BCUT2D eigenvalue weighted by atomic mass is 16.5. The summed E-state index contributed by atoms with van der Waals surface area (Å²) in [4.78, 5) is 14.0. The first-order valence-corrected chi connectivity index (χ1v) is 8.39. The Morgan fingerprint density at radius 1 is 1.10 bits per heavy atom. The van der Waals surface area contributed by atoms with Gasteiger partial charge in [-0.2, -0.15) is 0 Å². The van der Waals surface area contributed by atoms with Crippen LogP contribution in [0.4, 0.5) is 0 Å². The number of ether oxygens (including phenoxy) is 2. The van der Waals surface area contributed by atoms with Gasteiger partial charge in [-0.05, 0) is 32.5 Å². The lowest BCUT2D eigenvalue weighted by Crippen LogP contribution is -2.38. The maximum atomic E-state index is 11.6. The van der Waals surface area contributed by atoms with E-state index in [1.807, 2.05) is 6.92 Å². The van der Waals surface area contributed by atoms with Crippen LogP contribution in [0.5, 0.6) is 0 Å². The maximum Gasteiger partial charge on any atom is 0.135 e. The molecule has 0 aliphatic carbocycles. The third kappa shape index (κ3) is 8.51. The highest BCUT2D eigenvalue weighted by Crippen LogP contribution is 2.18. The molecule has 0 atom stereocenters. The molecule has 21 heavy (non-hydrogen) atoms. The Morgan fingerprint density at radius 3 is 2.38 bits per heavy atom. The van der Waals surface area contributed by atoms with E-state index in [4.69, 9.17) is 9.47 Å². The number of likely N-dealkylation sites (N-methyl/N-ethyl adjacent to an activating group) is 1. The van der Waals surface area contributed by atoms with E-state index in [2.05, 4.69) is 17.1 Å². The van der Waals surface area contributed by atoms with Gasteiger partial charge in [0.2, 0.25) is 0 Å². The van der Waals surface area contributed by atoms with Gasteiger partial charge in [-0.3, -0.25) is 4.79 Å². The van der Waals surface area contributed by atoms with E-state index in [9.17, 15) is 4.79 Å². The van der Waals surface area contributed by atoms with Crippen molar-refractivity contribution in [1.82, 2.24) is 10.2 Å². The molecule has 1 saturated heterocycles. The second kappa shape index (κ2) is 12.1. The number of nitrogens with one attached hydrogen (secondary N) is 1. The van der Waals surface area contributed by atoms with E-state index < -0.39 is 0 Å². The predicted octanol–water partition coefficient (Wildman–Crippen LogP) is 1.32. The van der Waals surface area contributed by atoms with Crippen molar-refractivity contribution in [3.05, 3.63) is 0 Å². The van der Waals surface area contributed by atoms with Crippen LogP contribution in [-0.2, 0) is 14.3 Å². The zero-order valence-electron chi connectivity index (χ0n) is 13.7. The largest absolute Gasteiger partial charge is 0.378 e. The Bertz CT molecular complexity index is 266. The van der Waals surface area contributed by atoms with E-state index >= 15 is 0 Å². The number of carbonyl (C=O) groups is 1. The number of hydrogen-bond donors (Lipinski definition) is 1. The van der Waals surface area contributed by atoms with Crippen LogP contribution in [-0.4, -0.2) is 69.8 Å². The van der Waals surface area contributed by atoms with Crippen LogP contribution in [0.3, 0.4) is 0 Å². The molecule has 0 radical (unpaired) electrons. The molecule has 0 aromatic heterocycles. The summed E-state index contributed by atoms with van der Waals surface area (Å²) in [7, 11) is 0. The molecule has 1 N–H and O–H groups in total. The highest BCUT2D eigenvalue weighted by molar-refractivity contribution is 5.80. The zero-order valence-corrected chi connectivity index (χ0v) is 13.7. The van der Waals surface area contributed by atoms with Crippen LogP contribution < -0.4 is 5.32 Å². The monoisotopic (exact) mass is 300 g/mol. The molecule has 1 heterocycles. The van der Waals surface area contributed by atoms with Gasteiger partial charge in [0.15, 0.2) is 0 Å². The number of likely N-dealkylation sites (tertiary alicyclic amines) is 1. The van der Waals surface area contributed by atoms with Crippen LogP contribution in [0, 0.1) is 5.92 Å². The number of hydrogen-bond acceptors (Lipinski definition) is 5. The summed E-state index contributed by atoms with van der Waals surface area (Å²) in [5.41, 5.74) is 0. The Balaban J connectivity index is 1.89. The van der Waals surface area contributed by atoms with Crippen LogP contribution in [0.2, 0.25) is 0 Å². The van der Waals surface area contributed by atoms with Gasteiger partial charge < -0.3 is 19.7 Å². The third-order valence-electron chi connectivity index (χ3n) is 3.99. The molecule has 1 aliphatic heterocycles. The normalized spacial score (nSPS) is 17.2. The van der Waals surface area contributed by atoms with Gasteiger partial charge in [-0.25, -0.2) is 0 Å². The summed E-state index contributed by atoms with van der Waals surface area (Å²) in [6.45, 7) is 11.8. The molecular weight excluding hydrogens is 268 g/mol. The van der Waals surface area contributed by atoms with Crippen molar-refractivity contribution in [2.24, 2.45) is 5.92 Å². The van der Waals surface area contributed by atoms with Crippen molar-refractivity contribution in [3.63, 3.8) is 0 Å². The van der Waals surface area contributed by atoms with Gasteiger partial charge >= 0.3 is 0 Å². The summed E-state index contributed by atoms with van der Waals surface area (Å²) in [5, 5.41) is 3.21. The predicted molar refractivity (Wildman–Crippen MR) is 84.6 cm³/mol. The summed E-state index contributed by atoms with van der Waals surface area (Å²) in [6.07, 6.45) is 2.71. The quantitative estimate of drug-likeness (QED) is 0.551. The van der Waals surface area contributed by atoms with Crippen molar-refractivity contribution in [1.29, 1.82) is 0 Å². The highest BCUT2D eigenvalue weighted by Gasteiger charge is 2.23. The number of ketones is 1. The molecule has 0 amide bonds. The second-order valence-electron chi connectivity index (χ2n) is 5.51. The molecule has 0 saturated carbocycles. The SMILES string of the molecule is CCNCCOCCOCCN1CCC(C(=O)CC)CC1. The lowest BCUT2D eigenvalue weighted by Gasteiger charge is -2.30. The Kier molecular flexibility index (Phi) is 10.7. The number of piperidine rings is 1. The van der Waals surface area contributed by atoms with Gasteiger partial charge in [-0.15, -0.1) is 0 Å². The van der Waals surface area contributed by atoms with E-state index in [1.54, 1.807) is 0 Å². The summed E-state index contributed by atoms with van der Waals surface area (Å²) >= 11 is 0. The van der Waals surface area contributed by atoms with E-state index in [0.29, 0.717) is 31.3 Å². The number of rotatable bonds is 12. The molecule has 0 spiro atoms. The molecular formula is C16H32N2O3. The fourth-order valence-electron chi connectivity index (χ4n) is 2.60. The van der Waals surface area contributed by atoms with Crippen molar-refractivity contribution < 1.29 is 14.3 Å². The zero-order chi connectivity index (χ0) is 15.3. The minimum absolute atomic E-state index is 0.303. The van der Waals surface area contributed by atoms with Crippen LogP contribution in [0.15, 0.2) is 0 Å². The summed E-state index contributed by atoms with van der Waals surface area (Å²) in [5.74, 6) is 0.734. The third-order valence-corrected chi connectivity index (χ3v) is 3.99. The molecule has 124 valence electrons. The van der Waals surface area contributed by atoms with Gasteiger partial charge in [-0.1, -0.05) is 13.8 Å². The topological polar surface area (TPSA) is 50.8 Å². The molecule has 1 aliphatic rings. The fourth-order valence-corrected chi connectivity index (χ4v) is 2.60. The maximum absolute atomic E-state index is 11.6. The van der Waals surface area contributed by atoms with Gasteiger partial charge in [0.1, 0.15) is 5.78 Å². The van der Waals surface area contributed by atoms with Crippen LogP contribution >= 0.6 is 0 Å². The summed E-state index contributed by atoms with van der Waals surface area (Å²) < 4.78 is 11.0. The first-order chi connectivity index (χ1) is 10.3. The lowest BCUT2D eigenvalue weighted by molar-refractivity contribution is -0.124. The molecule has 5 heteroatoms. The minimum atomic E-state index is 0.303. The van der Waals surface area contributed by atoms with Gasteiger partial charge in [0.25, 0.3) is 0 Å². The van der Waals surface area contributed by atoms with E-state index in [-0.39, 0.29) is 0 Å². The average Bonchev–Trinajstić information content (AvgIpc) is 2.53. The molecule has 0 aromatic carbocycles. The fraction of sp³-hybridized carbons (Fsp3) is 0.938. The smallest absolute Gasteiger partial charge is 0.135 e. The van der Waals surface area contributed by atoms with Crippen molar-refractivity contribution in [3.8, 4) is 0 Å². The number of Topliss-reactive ketones (excluding diaryl/α,β-unsaturated/α-hetero) is 1. The molecule has 5 nitrogen and oxygen atoms in total. The molecule has 0 bridgehead atoms. The van der Waals surface area contributed by atoms with Crippen molar-refractivity contribution >= 4 is 5.78 Å². The molecule has 1 rings (SSSR count). The average molecular weight is 300 g/mol. The lowest BCUT2D eigenvalue weighted by atomic mass is 9.91. The van der Waals surface area contributed by atoms with Crippen molar-refractivity contribution in [2.45, 2.75) is 33.1 Å². The first-order valence-electron chi connectivity index (χ1n) is 8.39. The molecule has 1 fully saturated rings. The van der Waals surface area contributed by atoms with E-state index in [0.717, 1.165) is 58.8 Å². The molecule has 0 unspecified atom stereocenters. The first kappa shape index (κ1) is 18.6. The van der Waals surface area contributed by atoms with E-state index in [1.165, 1.54) is 0 Å². The van der Waals surface area contributed by atoms with Crippen LogP contribution in [0.1, 0.15) is 33.1 Å². The Labute approximate surface area is 129 Å². The number of nitrogens with zero attached hydrogens (tertiary/aromatic N) is 1.